The minimum absolute atomic E-state index is 0. The van der Waals surface area contributed by atoms with Gasteiger partial charge in [0.05, 0.1) is 18.4 Å². The molecular weight excluding hydrogens is 465 g/mol. The molecular formula is C20H38IN7. The van der Waals surface area contributed by atoms with Gasteiger partial charge in [-0.25, -0.2) is 4.98 Å². The van der Waals surface area contributed by atoms with Crippen LogP contribution in [0, 0.1) is 0 Å². The lowest BCUT2D eigenvalue weighted by atomic mass is 9.92. The van der Waals surface area contributed by atoms with Crippen LogP contribution < -0.4 is 15.5 Å². The number of hydrogen-bond donors (Lipinski definition) is 2. The molecule has 0 aromatic carbocycles. The van der Waals surface area contributed by atoms with Gasteiger partial charge >= 0.3 is 0 Å². The highest BCUT2D eigenvalue weighted by Crippen LogP contribution is 2.25. The molecule has 28 heavy (non-hydrogen) atoms. The lowest BCUT2D eigenvalue weighted by molar-refractivity contribution is 0.119. The van der Waals surface area contributed by atoms with Gasteiger partial charge in [-0.1, -0.05) is 19.3 Å². The maximum Gasteiger partial charge on any atom is 0.204 e. The standard InChI is InChI=1S/C20H37N7.HI/c1-21-19(22-14-18-15-23-20(25(2)3)26(18)4)24-16-10-12-27(13-11-16)17-8-6-5-7-9-17;/h15-17H,5-14H2,1-4H3,(H2,21,22,24);1H. The number of guanidine groups is 1. The molecule has 1 aliphatic carbocycles. The highest BCUT2D eigenvalue weighted by atomic mass is 127. The van der Waals surface area contributed by atoms with Crippen LogP contribution in [0.4, 0.5) is 5.95 Å². The summed E-state index contributed by atoms with van der Waals surface area (Å²) in [4.78, 5) is 13.6. The number of piperidine rings is 1. The van der Waals surface area contributed by atoms with Crippen LogP contribution in [0.1, 0.15) is 50.6 Å². The Kier molecular flexibility index (Phi) is 9.33. The first kappa shape index (κ1) is 23.3. The van der Waals surface area contributed by atoms with E-state index in [1.54, 1.807) is 0 Å². The normalized spacial score (nSPS) is 19.9. The van der Waals surface area contributed by atoms with E-state index in [0.717, 1.165) is 30.2 Å². The molecule has 160 valence electrons. The zero-order valence-electron chi connectivity index (χ0n) is 17.9. The van der Waals surface area contributed by atoms with Crippen molar-refractivity contribution in [2.75, 3.05) is 39.1 Å². The smallest absolute Gasteiger partial charge is 0.204 e. The molecule has 0 spiro atoms. The Morgan fingerprint density at radius 1 is 1.18 bits per heavy atom. The fourth-order valence-electron chi connectivity index (χ4n) is 4.43. The number of rotatable bonds is 5. The molecule has 1 aliphatic heterocycles. The van der Waals surface area contributed by atoms with Gasteiger partial charge in [0.25, 0.3) is 0 Å². The summed E-state index contributed by atoms with van der Waals surface area (Å²) in [6.07, 6.45) is 11.4. The second kappa shape index (κ2) is 11.2. The largest absolute Gasteiger partial charge is 0.354 e. The third-order valence-electron chi connectivity index (χ3n) is 6.08. The highest BCUT2D eigenvalue weighted by Gasteiger charge is 2.26. The average Bonchev–Trinajstić information content (AvgIpc) is 3.07. The summed E-state index contributed by atoms with van der Waals surface area (Å²) < 4.78 is 2.11. The van der Waals surface area contributed by atoms with E-state index < -0.39 is 0 Å². The number of likely N-dealkylation sites (tertiary alicyclic amines) is 1. The zero-order chi connectivity index (χ0) is 19.2. The molecule has 0 bridgehead atoms. The van der Waals surface area contributed by atoms with Gasteiger partial charge in [0, 0.05) is 53.4 Å². The number of nitrogens with zero attached hydrogens (tertiary/aromatic N) is 5. The van der Waals surface area contributed by atoms with E-state index in [1.807, 2.05) is 32.2 Å². The van der Waals surface area contributed by atoms with Crippen molar-refractivity contribution in [3.05, 3.63) is 11.9 Å². The molecule has 1 aromatic heterocycles. The molecule has 2 N–H and O–H groups in total. The highest BCUT2D eigenvalue weighted by molar-refractivity contribution is 14.0. The number of aromatic nitrogens is 2. The Labute approximate surface area is 187 Å². The maximum absolute atomic E-state index is 4.47. The SMILES string of the molecule is CN=C(NCc1cnc(N(C)C)n1C)NC1CCN(C2CCCCC2)CC1.I. The van der Waals surface area contributed by atoms with Gasteiger partial charge in [0.2, 0.25) is 5.95 Å². The lowest BCUT2D eigenvalue weighted by Crippen LogP contribution is -2.50. The summed E-state index contributed by atoms with van der Waals surface area (Å²) in [6.45, 7) is 3.15. The Balaban J connectivity index is 0.00000280. The number of aliphatic imine (C=N–C) groups is 1. The van der Waals surface area contributed by atoms with Crippen LogP contribution in [0.2, 0.25) is 0 Å². The van der Waals surface area contributed by atoms with E-state index in [-0.39, 0.29) is 24.0 Å². The van der Waals surface area contributed by atoms with Crippen molar-refractivity contribution in [1.29, 1.82) is 0 Å². The quantitative estimate of drug-likeness (QED) is 0.368. The second-order valence-corrected chi connectivity index (χ2v) is 8.18. The lowest BCUT2D eigenvalue weighted by Gasteiger charge is -2.39. The first-order chi connectivity index (χ1) is 13.1. The first-order valence-corrected chi connectivity index (χ1v) is 10.5. The van der Waals surface area contributed by atoms with Gasteiger partial charge in [-0.15, -0.1) is 24.0 Å². The Morgan fingerprint density at radius 3 is 2.43 bits per heavy atom. The van der Waals surface area contributed by atoms with Crippen LogP contribution in [0.3, 0.4) is 0 Å². The van der Waals surface area contributed by atoms with E-state index in [1.165, 1.54) is 58.0 Å². The summed E-state index contributed by atoms with van der Waals surface area (Å²) in [5.41, 5.74) is 1.15. The fourth-order valence-corrected chi connectivity index (χ4v) is 4.43. The predicted molar refractivity (Wildman–Crippen MR) is 128 cm³/mol. The third kappa shape index (κ3) is 5.98. The summed E-state index contributed by atoms with van der Waals surface area (Å²) in [5.74, 6) is 1.85. The van der Waals surface area contributed by atoms with Crippen molar-refractivity contribution in [2.24, 2.45) is 12.0 Å². The van der Waals surface area contributed by atoms with Crippen LogP contribution in [0.15, 0.2) is 11.2 Å². The van der Waals surface area contributed by atoms with E-state index in [4.69, 9.17) is 0 Å². The van der Waals surface area contributed by atoms with Crippen LogP contribution in [0.25, 0.3) is 0 Å². The molecule has 0 radical (unpaired) electrons. The second-order valence-electron chi connectivity index (χ2n) is 8.18. The van der Waals surface area contributed by atoms with Gasteiger partial charge in [-0.3, -0.25) is 4.99 Å². The van der Waals surface area contributed by atoms with Crippen molar-refractivity contribution < 1.29 is 0 Å². The topological polar surface area (TPSA) is 60.7 Å². The van der Waals surface area contributed by atoms with Crippen LogP contribution in [0.5, 0.6) is 0 Å². The molecule has 1 saturated carbocycles. The zero-order valence-corrected chi connectivity index (χ0v) is 20.3. The predicted octanol–water partition coefficient (Wildman–Crippen LogP) is 2.57. The number of hydrogen-bond acceptors (Lipinski definition) is 4. The molecule has 2 heterocycles. The molecule has 8 heteroatoms. The van der Waals surface area contributed by atoms with Crippen molar-refractivity contribution in [3.63, 3.8) is 0 Å². The first-order valence-electron chi connectivity index (χ1n) is 10.5. The molecule has 7 nitrogen and oxygen atoms in total. The minimum Gasteiger partial charge on any atom is -0.354 e. The van der Waals surface area contributed by atoms with Gasteiger partial charge < -0.3 is 25.0 Å². The van der Waals surface area contributed by atoms with Gasteiger partial charge in [0.1, 0.15) is 0 Å². The Morgan fingerprint density at radius 2 is 1.86 bits per heavy atom. The Bertz CT molecular complexity index is 614. The van der Waals surface area contributed by atoms with Crippen molar-refractivity contribution in [1.82, 2.24) is 25.1 Å². The molecule has 2 fully saturated rings. The minimum atomic E-state index is 0. The molecule has 0 amide bonds. The Hall–Kier alpha value is -1.03. The summed E-state index contributed by atoms with van der Waals surface area (Å²) >= 11 is 0. The van der Waals surface area contributed by atoms with Gasteiger partial charge in [-0.2, -0.15) is 0 Å². The molecule has 2 aliphatic rings. The molecule has 3 rings (SSSR count). The summed E-state index contributed by atoms with van der Waals surface area (Å²) in [6, 6.07) is 1.35. The maximum atomic E-state index is 4.47. The van der Waals surface area contributed by atoms with Crippen molar-refractivity contribution in [2.45, 2.75) is 63.6 Å². The van der Waals surface area contributed by atoms with Crippen molar-refractivity contribution in [3.8, 4) is 0 Å². The van der Waals surface area contributed by atoms with Crippen LogP contribution in [-0.4, -0.2) is 66.7 Å². The van der Waals surface area contributed by atoms with Crippen LogP contribution in [-0.2, 0) is 13.6 Å². The molecule has 0 unspecified atom stereocenters. The van der Waals surface area contributed by atoms with Gasteiger partial charge in [-0.05, 0) is 25.7 Å². The number of anilines is 1. The monoisotopic (exact) mass is 503 g/mol. The van der Waals surface area contributed by atoms with E-state index >= 15 is 0 Å². The van der Waals surface area contributed by atoms with E-state index in [2.05, 4.69) is 37.1 Å². The summed E-state index contributed by atoms with van der Waals surface area (Å²) in [5, 5.41) is 7.07. The fraction of sp³-hybridized carbons (Fsp3) is 0.800. The molecule has 1 aromatic rings. The number of nitrogens with one attached hydrogen (secondary N) is 2. The van der Waals surface area contributed by atoms with E-state index in [9.17, 15) is 0 Å². The van der Waals surface area contributed by atoms with Gasteiger partial charge in [0.15, 0.2) is 5.96 Å². The number of imidazole rings is 1. The average molecular weight is 503 g/mol. The van der Waals surface area contributed by atoms with Crippen molar-refractivity contribution >= 4 is 35.9 Å². The third-order valence-corrected chi connectivity index (χ3v) is 6.08. The molecule has 0 atom stereocenters. The number of halogens is 1. The molecule has 1 saturated heterocycles. The van der Waals surface area contributed by atoms with Crippen LogP contribution >= 0.6 is 24.0 Å². The summed E-state index contributed by atoms with van der Waals surface area (Å²) in [7, 11) is 7.93. The van der Waals surface area contributed by atoms with E-state index in [0.29, 0.717) is 6.04 Å².